The van der Waals surface area contributed by atoms with Crippen LogP contribution >= 0.6 is 0 Å². The molecule has 1 aliphatic rings. The quantitative estimate of drug-likeness (QED) is 0.500. The van der Waals surface area contributed by atoms with Gasteiger partial charge < -0.3 is 9.55 Å². The molecule has 20 heavy (non-hydrogen) atoms. The summed E-state index contributed by atoms with van der Waals surface area (Å²) in [5, 5.41) is 0. The van der Waals surface area contributed by atoms with Crippen molar-refractivity contribution < 1.29 is 21.1 Å². The number of imidazole rings is 1. The van der Waals surface area contributed by atoms with Gasteiger partial charge in [0.2, 0.25) is 0 Å². The largest absolute Gasteiger partial charge is 0.351 e. The summed E-state index contributed by atoms with van der Waals surface area (Å²) in [4.78, 5) is 8.99. The Bertz CT molecular complexity index is 818. The molecule has 0 spiro atoms. The van der Waals surface area contributed by atoms with E-state index in [1.807, 2.05) is 31.7 Å². The molecule has 0 radical (unpaired) electrons. The Hall–Kier alpha value is -1.47. The van der Waals surface area contributed by atoms with Crippen LogP contribution in [0.15, 0.2) is 30.7 Å². The van der Waals surface area contributed by atoms with E-state index in [0.29, 0.717) is 0 Å². The molecule has 3 nitrogen and oxygen atoms in total. The molecule has 0 unspecified atom stereocenters. The summed E-state index contributed by atoms with van der Waals surface area (Å²) < 4.78 is 2.09. The van der Waals surface area contributed by atoms with Gasteiger partial charge in [0, 0.05) is 39.8 Å². The molecular formula is C16H14N3Pt-. The van der Waals surface area contributed by atoms with E-state index in [1.165, 1.54) is 16.6 Å². The summed E-state index contributed by atoms with van der Waals surface area (Å²) >= 11 is 0. The minimum atomic E-state index is -0.0528. The predicted molar refractivity (Wildman–Crippen MR) is 74.9 cm³/mol. The summed E-state index contributed by atoms with van der Waals surface area (Å²) in [6.45, 7) is 4.50. The molecule has 2 aromatic heterocycles. The molecule has 0 N–H and O–H groups in total. The third-order valence-corrected chi connectivity index (χ3v) is 4.15. The van der Waals surface area contributed by atoms with Crippen LogP contribution in [0.4, 0.5) is 0 Å². The predicted octanol–water partition coefficient (Wildman–Crippen LogP) is 3.07. The smallest absolute Gasteiger partial charge is 0.0833 e. The third kappa shape index (κ3) is 1.50. The van der Waals surface area contributed by atoms with Crippen molar-refractivity contribution in [3.8, 4) is 11.3 Å². The van der Waals surface area contributed by atoms with E-state index in [-0.39, 0.29) is 26.5 Å². The van der Waals surface area contributed by atoms with Crippen molar-refractivity contribution in [2.45, 2.75) is 19.3 Å². The summed E-state index contributed by atoms with van der Waals surface area (Å²) in [7, 11) is 2.04. The van der Waals surface area contributed by atoms with Gasteiger partial charge in [0.25, 0.3) is 0 Å². The Kier molecular flexibility index (Phi) is 2.88. The number of pyridine rings is 1. The molecule has 0 aliphatic heterocycles. The second-order valence-corrected chi connectivity index (χ2v) is 5.65. The van der Waals surface area contributed by atoms with Crippen molar-refractivity contribution in [2.24, 2.45) is 7.05 Å². The molecule has 0 atom stereocenters. The van der Waals surface area contributed by atoms with E-state index >= 15 is 0 Å². The number of hydrogen-bond donors (Lipinski definition) is 0. The van der Waals surface area contributed by atoms with Gasteiger partial charge in [0.05, 0.1) is 6.33 Å². The molecule has 1 aliphatic carbocycles. The monoisotopic (exact) mass is 443 g/mol. The maximum Gasteiger partial charge on any atom is 0.0833 e. The van der Waals surface area contributed by atoms with Crippen LogP contribution in [0.1, 0.15) is 25.0 Å². The first-order valence-corrected chi connectivity index (χ1v) is 6.43. The van der Waals surface area contributed by atoms with Crippen molar-refractivity contribution in [1.82, 2.24) is 14.5 Å². The van der Waals surface area contributed by atoms with Gasteiger partial charge in [-0.3, -0.25) is 4.98 Å². The fourth-order valence-electron chi connectivity index (χ4n) is 3.23. The zero-order valence-corrected chi connectivity index (χ0v) is 13.8. The Morgan fingerprint density at radius 1 is 1.25 bits per heavy atom. The van der Waals surface area contributed by atoms with E-state index in [2.05, 4.69) is 40.5 Å². The molecule has 0 bridgehead atoms. The first-order valence-electron chi connectivity index (χ1n) is 6.43. The molecule has 0 saturated carbocycles. The van der Waals surface area contributed by atoms with Crippen molar-refractivity contribution >= 4 is 11.0 Å². The van der Waals surface area contributed by atoms with Crippen LogP contribution in [0.5, 0.6) is 0 Å². The molecule has 2 heterocycles. The summed E-state index contributed by atoms with van der Waals surface area (Å²) in [5.41, 5.74) is 6.89. The van der Waals surface area contributed by atoms with Crippen LogP contribution in [0.25, 0.3) is 22.3 Å². The van der Waals surface area contributed by atoms with Gasteiger partial charge in [-0.25, -0.2) is 0 Å². The molecule has 0 fully saturated rings. The molecule has 4 heteroatoms. The average Bonchev–Trinajstić information content (AvgIpc) is 2.89. The van der Waals surface area contributed by atoms with Gasteiger partial charge in [-0.15, -0.1) is 17.7 Å². The Balaban J connectivity index is 0.00000121. The van der Waals surface area contributed by atoms with Gasteiger partial charge in [0.15, 0.2) is 0 Å². The van der Waals surface area contributed by atoms with Crippen LogP contribution in [0, 0.1) is 6.07 Å². The van der Waals surface area contributed by atoms with Crippen molar-refractivity contribution in [3.05, 3.63) is 47.9 Å². The fourth-order valence-corrected chi connectivity index (χ4v) is 3.23. The van der Waals surface area contributed by atoms with Crippen LogP contribution in [-0.4, -0.2) is 14.5 Å². The van der Waals surface area contributed by atoms with Crippen LogP contribution in [0.3, 0.4) is 0 Å². The number of aromatic nitrogens is 3. The normalized spacial score (nSPS) is 14.8. The van der Waals surface area contributed by atoms with Crippen LogP contribution in [0.2, 0.25) is 0 Å². The van der Waals surface area contributed by atoms with E-state index in [9.17, 15) is 0 Å². The van der Waals surface area contributed by atoms with Crippen LogP contribution < -0.4 is 0 Å². The Morgan fingerprint density at radius 3 is 2.85 bits per heavy atom. The molecular weight excluding hydrogens is 429 g/mol. The Morgan fingerprint density at radius 2 is 2.05 bits per heavy atom. The fraction of sp³-hybridized carbons (Fsp3) is 0.250. The topological polar surface area (TPSA) is 30.7 Å². The minimum absolute atomic E-state index is 0. The zero-order chi connectivity index (χ0) is 13.2. The maximum absolute atomic E-state index is 4.56. The first-order chi connectivity index (χ1) is 9.10. The average molecular weight is 443 g/mol. The molecule has 104 valence electrons. The molecule has 4 rings (SSSR count). The molecule has 0 saturated heterocycles. The standard InChI is InChI=1S/C16H14N3.Pt/c1-16(2)11-5-4-8-17-14(11)10-6-7-12-15(13(10)16)19(3)9-18-12;/h4-5,7-9H,1-3H3;/q-1;. The van der Waals surface area contributed by atoms with Gasteiger partial charge in [0.1, 0.15) is 0 Å². The number of rotatable bonds is 0. The Labute approximate surface area is 132 Å². The molecule has 3 aromatic rings. The van der Waals surface area contributed by atoms with Gasteiger partial charge >= 0.3 is 0 Å². The maximum atomic E-state index is 4.56. The van der Waals surface area contributed by atoms with Gasteiger partial charge in [-0.05, 0) is 22.7 Å². The van der Waals surface area contributed by atoms with E-state index in [4.69, 9.17) is 0 Å². The summed E-state index contributed by atoms with van der Waals surface area (Å²) in [6.07, 6.45) is 3.72. The van der Waals surface area contributed by atoms with Gasteiger partial charge in [-0.1, -0.05) is 31.0 Å². The van der Waals surface area contributed by atoms with E-state index in [0.717, 1.165) is 16.8 Å². The zero-order valence-electron chi connectivity index (χ0n) is 11.5. The second kappa shape index (κ2) is 4.26. The molecule has 0 amide bonds. The molecule has 1 aromatic carbocycles. The number of fused-ring (bicyclic) bond motifs is 5. The van der Waals surface area contributed by atoms with Crippen molar-refractivity contribution in [3.63, 3.8) is 0 Å². The van der Waals surface area contributed by atoms with Crippen LogP contribution in [-0.2, 0) is 33.5 Å². The van der Waals surface area contributed by atoms with E-state index < -0.39 is 0 Å². The number of hydrogen-bond acceptors (Lipinski definition) is 2. The summed E-state index contributed by atoms with van der Waals surface area (Å²) in [6, 6.07) is 9.52. The second-order valence-electron chi connectivity index (χ2n) is 5.65. The van der Waals surface area contributed by atoms with Crippen molar-refractivity contribution in [2.75, 3.05) is 0 Å². The minimum Gasteiger partial charge on any atom is -0.351 e. The van der Waals surface area contributed by atoms with E-state index in [1.54, 1.807) is 0 Å². The number of benzene rings is 1. The summed E-state index contributed by atoms with van der Waals surface area (Å²) in [5.74, 6) is 0. The number of aryl methyl sites for hydroxylation is 1. The SMILES string of the molecule is Cn1cnc2c[c-]c3c(c21)C(C)(C)c1cccnc1-3.[Pt]. The first kappa shape index (κ1) is 13.5. The van der Waals surface area contributed by atoms with Crippen molar-refractivity contribution in [1.29, 1.82) is 0 Å². The number of nitrogens with zero attached hydrogens (tertiary/aromatic N) is 3. The van der Waals surface area contributed by atoms with Gasteiger partial charge in [-0.2, -0.15) is 0 Å². The third-order valence-electron chi connectivity index (χ3n) is 4.15.